The Balaban J connectivity index is 2.62. The molecule has 0 saturated carbocycles. The van der Waals surface area contributed by atoms with Gasteiger partial charge in [-0.25, -0.2) is 14.0 Å². The van der Waals surface area contributed by atoms with Gasteiger partial charge in [0.2, 0.25) is 0 Å². The molecular formula is C13H17FN2O3S. The SMILES string of the molecule is CSC(C)CCNC(=O)Nc1cccc(F)c1C(=O)O. The summed E-state index contributed by atoms with van der Waals surface area (Å²) in [4.78, 5) is 22.6. The molecule has 1 rings (SSSR count). The number of anilines is 1. The van der Waals surface area contributed by atoms with E-state index >= 15 is 0 Å². The lowest BCUT2D eigenvalue weighted by molar-refractivity contribution is 0.0693. The van der Waals surface area contributed by atoms with E-state index in [9.17, 15) is 14.0 Å². The van der Waals surface area contributed by atoms with E-state index in [-0.39, 0.29) is 5.69 Å². The van der Waals surface area contributed by atoms with Gasteiger partial charge in [0, 0.05) is 11.8 Å². The summed E-state index contributed by atoms with van der Waals surface area (Å²) in [6, 6.07) is 3.17. The zero-order valence-electron chi connectivity index (χ0n) is 11.3. The summed E-state index contributed by atoms with van der Waals surface area (Å²) in [5.41, 5.74) is -0.604. The number of urea groups is 1. The highest BCUT2D eigenvalue weighted by atomic mass is 32.2. The van der Waals surface area contributed by atoms with Crippen molar-refractivity contribution in [3.05, 3.63) is 29.6 Å². The van der Waals surface area contributed by atoms with Gasteiger partial charge in [0.1, 0.15) is 11.4 Å². The Hall–Kier alpha value is -1.76. The second-order valence-electron chi connectivity index (χ2n) is 4.18. The lowest BCUT2D eigenvalue weighted by atomic mass is 10.1. The average molecular weight is 300 g/mol. The van der Waals surface area contributed by atoms with Crippen molar-refractivity contribution in [1.29, 1.82) is 0 Å². The topological polar surface area (TPSA) is 78.4 Å². The predicted octanol–water partition coefficient (Wildman–Crippen LogP) is 2.79. The fourth-order valence-corrected chi connectivity index (χ4v) is 1.87. The van der Waals surface area contributed by atoms with Crippen LogP contribution in [0.4, 0.5) is 14.9 Å². The third-order valence-corrected chi connectivity index (χ3v) is 3.75. The molecule has 0 fully saturated rings. The number of rotatable bonds is 6. The smallest absolute Gasteiger partial charge is 0.340 e. The van der Waals surface area contributed by atoms with Crippen molar-refractivity contribution < 1.29 is 19.1 Å². The second kappa shape index (κ2) is 7.74. The van der Waals surface area contributed by atoms with Crippen LogP contribution in [0.3, 0.4) is 0 Å². The minimum Gasteiger partial charge on any atom is -0.478 e. The number of carbonyl (C=O) groups excluding carboxylic acids is 1. The van der Waals surface area contributed by atoms with Crippen molar-refractivity contribution >= 4 is 29.4 Å². The van der Waals surface area contributed by atoms with E-state index in [2.05, 4.69) is 10.6 Å². The van der Waals surface area contributed by atoms with Gasteiger partial charge >= 0.3 is 12.0 Å². The lowest BCUT2D eigenvalue weighted by Crippen LogP contribution is -2.31. The minimum atomic E-state index is -1.42. The van der Waals surface area contributed by atoms with Crippen molar-refractivity contribution in [2.75, 3.05) is 18.1 Å². The molecule has 0 spiro atoms. The fraction of sp³-hybridized carbons (Fsp3) is 0.385. The van der Waals surface area contributed by atoms with Crippen molar-refractivity contribution in [3.63, 3.8) is 0 Å². The zero-order valence-corrected chi connectivity index (χ0v) is 12.1. The van der Waals surface area contributed by atoms with Gasteiger partial charge < -0.3 is 15.7 Å². The van der Waals surface area contributed by atoms with Gasteiger partial charge in [-0.1, -0.05) is 13.0 Å². The summed E-state index contributed by atoms with van der Waals surface area (Å²) in [6.45, 7) is 2.50. The van der Waals surface area contributed by atoms with Gasteiger partial charge in [-0.05, 0) is 24.8 Å². The maximum Gasteiger partial charge on any atom is 0.340 e. The van der Waals surface area contributed by atoms with E-state index in [1.54, 1.807) is 11.8 Å². The summed E-state index contributed by atoms with van der Waals surface area (Å²) >= 11 is 1.69. The molecule has 1 aromatic rings. The third kappa shape index (κ3) is 4.73. The molecule has 0 bridgehead atoms. The van der Waals surface area contributed by atoms with Gasteiger partial charge in [0.15, 0.2) is 0 Å². The number of carboxylic acids is 1. The van der Waals surface area contributed by atoms with E-state index in [4.69, 9.17) is 5.11 Å². The molecule has 1 aromatic carbocycles. The minimum absolute atomic E-state index is 0.0621. The number of nitrogens with one attached hydrogen (secondary N) is 2. The van der Waals surface area contributed by atoms with E-state index in [0.717, 1.165) is 12.5 Å². The van der Waals surface area contributed by atoms with Crippen molar-refractivity contribution in [2.45, 2.75) is 18.6 Å². The Morgan fingerprint density at radius 2 is 2.15 bits per heavy atom. The van der Waals surface area contributed by atoms with E-state index in [1.165, 1.54) is 12.1 Å². The molecule has 0 aliphatic heterocycles. The predicted molar refractivity (Wildman–Crippen MR) is 78.0 cm³/mol. The summed E-state index contributed by atoms with van der Waals surface area (Å²) in [7, 11) is 0. The number of carboxylic acid groups (broad SMARTS) is 1. The monoisotopic (exact) mass is 300 g/mol. The number of amides is 2. The molecule has 0 aliphatic carbocycles. The van der Waals surface area contributed by atoms with E-state index in [1.807, 2.05) is 13.2 Å². The molecule has 7 heteroatoms. The summed E-state index contributed by atoms with van der Waals surface area (Å²) in [6.07, 6.45) is 2.78. The molecule has 1 atom stereocenters. The summed E-state index contributed by atoms with van der Waals surface area (Å²) in [5, 5.41) is 14.3. The number of benzene rings is 1. The quantitative estimate of drug-likeness (QED) is 0.755. The molecule has 0 saturated heterocycles. The molecule has 110 valence electrons. The van der Waals surface area contributed by atoms with Crippen LogP contribution in [0.1, 0.15) is 23.7 Å². The van der Waals surface area contributed by atoms with Crippen molar-refractivity contribution in [3.8, 4) is 0 Å². The molecule has 0 aliphatic rings. The summed E-state index contributed by atoms with van der Waals surface area (Å²) in [5.74, 6) is -2.30. The Morgan fingerprint density at radius 3 is 2.75 bits per heavy atom. The van der Waals surface area contributed by atoms with Crippen molar-refractivity contribution in [2.24, 2.45) is 0 Å². The molecule has 0 aromatic heterocycles. The van der Waals surface area contributed by atoms with Crippen LogP contribution in [0, 0.1) is 5.82 Å². The highest BCUT2D eigenvalue weighted by molar-refractivity contribution is 7.99. The first-order valence-electron chi connectivity index (χ1n) is 6.05. The van der Waals surface area contributed by atoms with Crippen molar-refractivity contribution in [1.82, 2.24) is 5.32 Å². The standard InChI is InChI=1S/C13H17FN2O3S/c1-8(20-2)6-7-15-13(19)16-10-5-3-4-9(14)11(10)12(17)18/h3-5,8H,6-7H2,1-2H3,(H,17,18)(H2,15,16,19). The molecule has 3 N–H and O–H groups in total. The Labute approximate surface area is 120 Å². The van der Waals surface area contributed by atoms with Gasteiger partial charge in [-0.15, -0.1) is 0 Å². The normalized spacial score (nSPS) is 11.8. The average Bonchev–Trinajstić information content (AvgIpc) is 2.38. The highest BCUT2D eigenvalue weighted by Gasteiger charge is 2.17. The first kappa shape index (κ1) is 16.3. The molecule has 5 nitrogen and oxygen atoms in total. The highest BCUT2D eigenvalue weighted by Crippen LogP contribution is 2.18. The van der Waals surface area contributed by atoms with Crippen LogP contribution in [0.2, 0.25) is 0 Å². The number of hydrogen-bond acceptors (Lipinski definition) is 3. The zero-order chi connectivity index (χ0) is 15.1. The summed E-state index contributed by atoms with van der Waals surface area (Å²) < 4.78 is 13.4. The maximum atomic E-state index is 13.4. The van der Waals surface area contributed by atoms with Crippen LogP contribution in [-0.2, 0) is 0 Å². The Morgan fingerprint density at radius 1 is 1.45 bits per heavy atom. The first-order valence-corrected chi connectivity index (χ1v) is 7.34. The Bertz CT molecular complexity index is 497. The number of carbonyl (C=O) groups is 2. The van der Waals surface area contributed by atoms with Crippen LogP contribution in [0.25, 0.3) is 0 Å². The van der Waals surface area contributed by atoms with Crippen LogP contribution in [-0.4, -0.2) is 35.2 Å². The van der Waals surface area contributed by atoms with E-state index in [0.29, 0.717) is 11.8 Å². The molecule has 1 unspecified atom stereocenters. The van der Waals surface area contributed by atoms with Gasteiger partial charge in [0.05, 0.1) is 5.69 Å². The van der Waals surface area contributed by atoms with Crippen LogP contribution in [0.5, 0.6) is 0 Å². The molecule has 20 heavy (non-hydrogen) atoms. The largest absolute Gasteiger partial charge is 0.478 e. The molecule has 0 radical (unpaired) electrons. The van der Waals surface area contributed by atoms with Gasteiger partial charge in [-0.3, -0.25) is 0 Å². The van der Waals surface area contributed by atoms with Crippen LogP contribution < -0.4 is 10.6 Å². The Kier molecular flexibility index (Phi) is 6.30. The maximum absolute atomic E-state index is 13.4. The fourth-order valence-electron chi connectivity index (χ4n) is 1.52. The molecule has 0 heterocycles. The van der Waals surface area contributed by atoms with Crippen LogP contribution >= 0.6 is 11.8 Å². The van der Waals surface area contributed by atoms with E-state index < -0.39 is 23.4 Å². The molecule has 2 amide bonds. The number of halogens is 1. The number of hydrogen-bond donors (Lipinski definition) is 3. The second-order valence-corrected chi connectivity index (χ2v) is 5.46. The number of aromatic carboxylic acids is 1. The first-order chi connectivity index (χ1) is 9.45. The van der Waals surface area contributed by atoms with Gasteiger partial charge in [-0.2, -0.15) is 11.8 Å². The molecular weight excluding hydrogens is 283 g/mol. The lowest BCUT2D eigenvalue weighted by Gasteiger charge is -2.12. The number of thioether (sulfide) groups is 1. The van der Waals surface area contributed by atoms with Crippen LogP contribution in [0.15, 0.2) is 18.2 Å². The third-order valence-electron chi connectivity index (χ3n) is 2.71. The van der Waals surface area contributed by atoms with Gasteiger partial charge in [0.25, 0.3) is 0 Å².